The van der Waals surface area contributed by atoms with Gasteiger partial charge in [0.15, 0.2) is 5.76 Å². The number of methoxy groups -OCH3 is 1. The van der Waals surface area contributed by atoms with Gasteiger partial charge in [0.1, 0.15) is 11.4 Å². The monoisotopic (exact) mass is 258 g/mol. The van der Waals surface area contributed by atoms with Gasteiger partial charge in [-0.3, -0.25) is 0 Å². The Morgan fingerprint density at radius 1 is 1.37 bits per heavy atom. The van der Waals surface area contributed by atoms with E-state index in [1.165, 1.54) is 11.1 Å². The summed E-state index contributed by atoms with van der Waals surface area (Å²) in [7, 11) is 1.69. The van der Waals surface area contributed by atoms with Crippen LogP contribution in [-0.4, -0.2) is 18.8 Å². The first-order valence-corrected chi connectivity index (χ1v) is 6.69. The normalized spacial score (nSPS) is 12.9. The zero-order chi connectivity index (χ0) is 13.2. The average Bonchev–Trinajstić information content (AvgIpc) is 2.87. The maximum absolute atomic E-state index is 5.55. The lowest BCUT2D eigenvalue weighted by molar-refractivity contribution is 0.412. The van der Waals surface area contributed by atoms with E-state index in [1.807, 2.05) is 6.07 Å². The Kier molecular flexibility index (Phi) is 3.25. The topological polar surface area (TPSA) is 47.3 Å². The summed E-state index contributed by atoms with van der Waals surface area (Å²) < 4.78 is 10.8. The van der Waals surface area contributed by atoms with E-state index in [4.69, 9.17) is 9.26 Å². The third-order valence-corrected chi connectivity index (χ3v) is 3.61. The van der Waals surface area contributed by atoms with Gasteiger partial charge in [0.05, 0.1) is 7.11 Å². The Morgan fingerprint density at radius 3 is 3.05 bits per heavy atom. The molecule has 4 heteroatoms. The highest BCUT2D eigenvalue weighted by atomic mass is 16.5. The van der Waals surface area contributed by atoms with Crippen LogP contribution in [0.5, 0.6) is 5.75 Å². The summed E-state index contributed by atoms with van der Waals surface area (Å²) in [6, 6.07) is 6.12. The zero-order valence-corrected chi connectivity index (χ0v) is 11.3. The molecule has 3 rings (SSSR count). The first-order valence-electron chi connectivity index (χ1n) is 6.69. The molecule has 0 amide bonds. The number of benzene rings is 1. The van der Waals surface area contributed by atoms with Crippen LogP contribution in [0.15, 0.2) is 22.7 Å². The highest BCUT2D eigenvalue weighted by Crippen LogP contribution is 2.36. The summed E-state index contributed by atoms with van der Waals surface area (Å²) in [4.78, 5) is 0. The molecule has 1 N–H and O–H groups in total. The predicted octanol–water partition coefficient (Wildman–Crippen LogP) is 2.56. The van der Waals surface area contributed by atoms with Gasteiger partial charge in [-0.05, 0) is 43.1 Å². The quantitative estimate of drug-likeness (QED) is 0.915. The van der Waals surface area contributed by atoms with Gasteiger partial charge in [-0.25, -0.2) is 0 Å². The van der Waals surface area contributed by atoms with Crippen molar-refractivity contribution >= 4 is 0 Å². The minimum Gasteiger partial charge on any atom is -0.497 e. The fraction of sp³-hybridized carbons (Fsp3) is 0.400. The van der Waals surface area contributed by atoms with Crippen molar-refractivity contribution in [3.63, 3.8) is 0 Å². The molecule has 2 aromatic rings. The minimum absolute atomic E-state index is 0.779. The smallest absolute Gasteiger partial charge is 0.170 e. The van der Waals surface area contributed by atoms with Crippen molar-refractivity contribution in [3.8, 4) is 17.1 Å². The van der Waals surface area contributed by atoms with Crippen LogP contribution in [-0.2, 0) is 19.4 Å². The minimum atomic E-state index is 0.779. The van der Waals surface area contributed by atoms with E-state index in [9.17, 15) is 0 Å². The average molecular weight is 258 g/mol. The number of ether oxygens (including phenoxy) is 1. The molecule has 0 saturated carbocycles. The number of aryl methyl sites for hydroxylation is 1. The highest BCUT2D eigenvalue weighted by molar-refractivity contribution is 5.69. The highest BCUT2D eigenvalue weighted by Gasteiger charge is 2.24. The van der Waals surface area contributed by atoms with Crippen LogP contribution in [0.1, 0.15) is 23.7 Å². The third kappa shape index (κ3) is 2.12. The van der Waals surface area contributed by atoms with Crippen LogP contribution >= 0.6 is 0 Å². The van der Waals surface area contributed by atoms with Crippen LogP contribution in [0.4, 0.5) is 0 Å². The molecule has 0 atom stereocenters. The van der Waals surface area contributed by atoms with E-state index in [0.29, 0.717) is 0 Å². The van der Waals surface area contributed by atoms with Crippen molar-refractivity contribution in [1.82, 2.24) is 10.5 Å². The summed E-state index contributed by atoms with van der Waals surface area (Å²) in [5, 5.41) is 7.51. The van der Waals surface area contributed by atoms with E-state index in [2.05, 4.69) is 29.5 Å². The molecule has 0 saturated heterocycles. The number of rotatable bonds is 4. The second-order valence-electron chi connectivity index (χ2n) is 4.74. The standard InChI is InChI=1S/C15H18N2O2/c1-3-16-9-14-13-6-4-10-8-11(18-2)5-7-12(10)15(13)19-17-14/h5,7-8,16H,3-4,6,9H2,1-2H3. The molecule has 19 heavy (non-hydrogen) atoms. The Morgan fingerprint density at radius 2 is 2.26 bits per heavy atom. The lowest BCUT2D eigenvalue weighted by Crippen LogP contribution is -2.14. The lowest BCUT2D eigenvalue weighted by Gasteiger charge is -2.15. The molecule has 0 bridgehead atoms. The molecule has 0 aliphatic heterocycles. The molecule has 1 aromatic carbocycles. The molecule has 1 aliphatic carbocycles. The van der Waals surface area contributed by atoms with E-state index in [1.54, 1.807) is 7.11 Å². The first kappa shape index (κ1) is 12.2. The van der Waals surface area contributed by atoms with Crippen LogP contribution in [0.2, 0.25) is 0 Å². The van der Waals surface area contributed by atoms with Crippen molar-refractivity contribution in [1.29, 1.82) is 0 Å². The molecule has 4 nitrogen and oxygen atoms in total. The van der Waals surface area contributed by atoms with Crippen LogP contribution in [0.3, 0.4) is 0 Å². The first-order chi connectivity index (χ1) is 9.33. The van der Waals surface area contributed by atoms with Gasteiger partial charge in [0.25, 0.3) is 0 Å². The summed E-state index contributed by atoms with van der Waals surface area (Å²) in [5.41, 5.74) is 4.72. The van der Waals surface area contributed by atoms with Gasteiger partial charge in [0, 0.05) is 17.7 Å². The fourth-order valence-corrected chi connectivity index (χ4v) is 2.58. The SMILES string of the molecule is CCNCc1noc2c1CCc1cc(OC)ccc1-2. The van der Waals surface area contributed by atoms with Crippen molar-refractivity contribution in [2.24, 2.45) is 0 Å². The molecule has 0 fully saturated rings. The number of hydrogen-bond donors (Lipinski definition) is 1. The second kappa shape index (κ2) is 5.05. The van der Waals surface area contributed by atoms with Crippen molar-refractivity contribution in [3.05, 3.63) is 35.0 Å². The number of nitrogens with zero attached hydrogens (tertiary/aromatic N) is 1. The van der Waals surface area contributed by atoms with E-state index < -0.39 is 0 Å². The molecule has 1 aliphatic rings. The van der Waals surface area contributed by atoms with Gasteiger partial charge < -0.3 is 14.6 Å². The fourth-order valence-electron chi connectivity index (χ4n) is 2.58. The molecule has 0 spiro atoms. The van der Waals surface area contributed by atoms with Crippen LogP contribution in [0, 0.1) is 0 Å². The summed E-state index contributed by atoms with van der Waals surface area (Å²) in [6.45, 7) is 3.81. The Balaban J connectivity index is 1.98. The van der Waals surface area contributed by atoms with Crippen LogP contribution in [0.25, 0.3) is 11.3 Å². The van der Waals surface area contributed by atoms with Crippen molar-refractivity contribution in [2.45, 2.75) is 26.3 Å². The Labute approximate surface area is 112 Å². The molecular weight excluding hydrogens is 240 g/mol. The Bertz CT molecular complexity index is 590. The third-order valence-electron chi connectivity index (χ3n) is 3.61. The van der Waals surface area contributed by atoms with Gasteiger partial charge in [-0.2, -0.15) is 0 Å². The number of fused-ring (bicyclic) bond motifs is 3. The van der Waals surface area contributed by atoms with Crippen molar-refractivity contribution < 1.29 is 9.26 Å². The largest absolute Gasteiger partial charge is 0.497 e. The second-order valence-corrected chi connectivity index (χ2v) is 4.74. The number of hydrogen-bond acceptors (Lipinski definition) is 4. The summed E-state index contributed by atoms with van der Waals surface area (Å²) >= 11 is 0. The van der Waals surface area contributed by atoms with Crippen LogP contribution < -0.4 is 10.1 Å². The van der Waals surface area contributed by atoms with Crippen molar-refractivity contribution in [2.75, 3.05) is 13.7 Å². The maximum Gasteiger partial charge on any atom is 0.170 e. The Hall–Kier alpha value is -1.81. The molecule has 0 radical (unpaired) electrons. The molecule has 1 heterocycles. The molecule has 100 valence electrons. The van der Waals surface area contributed by atoms with E-state index in [0.717, 1.165) is 48.7 Å². The molecule has 1 aromatic heterocycles. The summed E-state index contributed by atoms with van der Waals surface area (Å²) in [6.07, 6.45) is 2.00. The van der Waals surface area contributed by atoms with Gasteiger partial charge >= 0.3 is 0 Å². The predicted molar refractivity (Wildman–Crippen MR) is 73.3 cm³/mol. The van der Waals surface area contributed by atoms with E-state index in [-0.39, 0.29) is 0 Å². The van der Waals surface area contributed by atoms with Gasteiger partial charge in [-0.15, -0.1) is 0 Å². The number of nitrogens with one attached hydrogen (secondary N) is 1. The zero-order valence-electron chi connectivity index (χ0n) is 11.3. The summed E-state index contributed by atoms with van der Waals surface area (Å²) in [5.74, 6) is 1.83. The lowest BCUT2D eigenvalue weighted by atomic mass is 9.89. The molecular formula is C15H18N2O2. The molecule has 0 unspecified atom stereocenters. The van der Waals surface area contributed by atoms with Gasteiger partial charge in [0.2, 0.25) is 0 Å². The van der Waals surface area contributed by atoms with E-state index >= 15 is 0 Å². The van der Waals surface area contributed by atoms with Gasteiger partial charge in [-0.1, -0.05) is 12.1 Å². The number of aromatic nitrogens is 1. The maximum atomic E-state index is 5.55.